The lowest BCUT2D eigenvalue weighted by atomic mass is 10.2. The first-order valence-electron chi connectivity index (χ1n) is 9.88. The van der Waals surface area contributed by atoms with E-state index in [1.807, 2.05) is 36.4 Å². The summed E-state index contributed by atoms with van der Waals surface area (Å²) in [5.41, 5.74) is 0.997. The van der Waals surface area contributed by atoms with E-state index in [1.54, 1.807) is 11.3 Å². The van der Waals surface area contributed by atoms with Crippen molar-refractivity contribution in [1.82, 2.24) is 20.0 Å². The molecule has 2 aromatic heterocycles. The summed E-state index contributed by atoms with van der Waals surface area (Å²) in [4.78, 5) is 28.6. The predicted octanol–water partition coefficient (Wildman–Crippen LogP) is 2.92. The molecule has 1 saturated heterocycles. The number of nitrogens with zero attached hydrogens (tertiary/aromatic N) is 3. The number of rotatable bonds is 7. The summed E-state index contributed by atoms with van der Waals surface area (Å²) in [6, 6.07) is 16.9. The standard InChI is InChI=1S/C22H24N4O2S/c27-21-11-10-18(24-26(21)16-17-7-2-1-3-8-17)22(28)23-15-19(20-9-6-14-29-20)25-12-4-5-13-25/h1-3,6-11,14,19H,4-5,12-13,15-16H2,(H,23,28). The first-order chi connectivity index (χ1) is 14.2. The van der Waals surface area contributed by atoms with Crippen LogP contribution in [0.5, 0.6) is 0 Å². The highest BCUT2D eigenvalue weighted by molar-refractivity contribution is 7.10. The fourth-order valence-electron chi connectivity index (χ4n) is 3.66. The van der Waals surface area contributed by atoms with Gasteiger partial charge in [0, 0.05) is 17.5 Å². The molecular weight excluding hydrogens is 384 g/mol. The van der Waals surface area contributed by atoms with Gasteiger partial charge in [0.05, 0.1) is 12.6 Å². The Balaban J connectivity index is 1.46. The van der Waals surface area contributed by atoms with E-state index < -0.39 is 0 Å². The highest BCUT2D eigenvalue weighted by Crippen LogP contribution is 2.27. The molecule has 1 amide bonds. The summed E-state index contributed by atoms with van der Waals surface area (Å²) in [6.07, 6.45) is 2.39. The Labute approximate surface area is 173 Å². The van der Waals surface area contributed by atoms with Crippen LogP contribution in [0.1, 0.15) is 39.8 Å². The maximum atomic E-state index is 12.7. The smallest absolute Gasteiger partial charge is 0.271 e. The Bertz CT molecular complexity index is 995. The van der Waals surface area contributed by atoms with Crippen molar-refractivity contribution in [3.63, 3.8) is 0 Å². The summed E-state index contributed by atoms with van der Waals surface area (Å²) in [5, 5.41) is 9.38. The second-order valence-corrected chi connectivity index (χ2v) is 8.16. The largest absolute Gasteiger partial charge is 0.349 e. The SMILES string of the molecule is O=C(NCC(c1cccs1)N1CCCC1)c1ccc(=O)n(Cc2ccccc2)n1. The lowest BCUT2D eigenvalue weighted by Crippen LogP contribution is -2.37. The van der Waals surface area contributed by atoms with Crippen LogP contribution in [0, 0.1) is 0 Å². The number of benzene rings is 1. The zero-order valence-corrected chi connectivity index (χ0v) is 17.0. The molecule has 0 aliphatic carbocycles. The third-order valence-electron chi connectivity index (χ3n) is 5.18. The van der Waals surface area contributed by atoms with Gasteiger partial charge in [-0.1, -0.05) is 36.4 Å². The van der Waals surface area contributed by atoms with Crippen molar-refractivity contribution in [3.8, 4) is 0 Å². The molecule has 0 bridgehead atoms. The summed E-state index contributed by atoms with van der Waals surface area (Å²) in [7, 11) is 0. The molecule has 1 aromatic carbocycles. The van der Waals surface area contributed by atoms with Gasteiger partial charge in [-0.25, -0.2) is 4.68 Å². The highest BCUT2D eigenvalue weighted by atomic mass is 32.1. The van der Waals surface area contributed by atoms with Gasteiger partial charge in [0.25, 0.3) is 11.5 Å². The van der Waals surface area contributed by atoms with Gasteiger partial charge < -0.3 is 5.32 Å². The molecule has 1 fully saturated rings. The minimum absolute atomic E-state index is 0.177. The Kier molecular flexibility index (Phi) is 6.17. The lowest BCUT2D eigenvalue weighted by molar-refractivity contribution is 0.0931. The van der Waals surface area contributed by atoms with E-state index in [9.17, 15) is 9.59 Å². The molecule has 3 heterocycles. The van der Waals surface area contributed by atoms with Crippen molar-refractivity contribution in [1.29, 1.82) is 0 Å². The predicted molar refractivity (Wildman–Crippen MR) is 114 cm³/mol. The number of hydrogen-bond acceptors (Lipinski definition) is 5. The van der Waals surface area contributed by atoms with Gasteiger partial charge in [-0.2, -0.15) is 5.10 Å². The van der Waals surface area contributed by atoms with E-state index in [1.165, 1.54) is 34.5 Å². The highest BCUT2D eigenvalue weighted by Gasteiger charge is 2.25. The number of aromatic nitrogens is 2. The van der Waals surface area contributed by atoms with Crippen molar-refractivity contribution < 1.29 is 4.79 Å². The van der Waals surface area contributed by atoms with E-state index >= 15 is 0 Å². The third-order valence-corrected chi connectivity index (χ3v) is 6.16. The third kappa shape index (κ3) is 4.81. The van der Waals surface area contributed by atoms with Crippen LogP contribution in [0.3, 0.4) is 0 Å². The number of amides is 1. The number of likely N-dealkylation sites (tertiary alicyclic amines) is 1. The van der Waals surface area contributed by atoms with Gasteiger partial charge in [-0.3, -0.25) is 14.5 Å². The quantitative estimate of drug-likeness (QED) is 0.653. The van der Waals surface area contributed by atoms with Gasteiger partial charge in [0.2, 0.25) is 0 Å². The Morgan fingerprint density at radius 1 is 1.07 bits per heavy atom. The topological polar surface area (TPSA) is 67.2 Å². The molecule has 1 unspecified atom stereocenters. The zero-order valence-electron chi connectivity index (χ0n) is 16.2. The Hall–Kier alpha value is -2.77. The number of carbonyl (C=O) groups excluding carboxylic acids is 1. The molecule has 1 aliphatic rings. The monoisotopic (exact) mass is 408 g/mol. The molecule has 7 heteroatoms. The summed E-state index contributed by atoms with van der Waals surface area (Å²) < 4.78 is 1.33. The van der Waals surface area contributed by atoms with Crippen LogP contribution in [0.4, 0.5) is 0 Å². The van der Waals surface area contributed by atoms with E-state index in [0.717, 1.165) is 18.7 Å². The molecule has 4 rings (SSSR count). The van der Waals surface area contributed by atoms with Crippen LogP contribution < -0.4 is 10.9 Å². The summed E-state index contributed by atoms with van der Waals surface area (Å²) >= 11 is 1.72. The van der Waals surface area contributed by atoms with Gasteiger partial charge >= 0.3 is 0 Å². The average Bonchev–Trinajstić information content (AvgIpc) is 3.45. The lowest BCUT2D eigenvalue weighted by Gasteiger charge is -2.26. The first kappa shape index (κ1) is 19.5. The van der Waals surface area contributed by atoms with E-state index in [4.69, 9.17) is 0 Å². The molecule has 150 valence electrons. The van der Waals surface area contributed by atoms with Crippen LogP contribution in [0.25, 0.3) is 0 Å². The van der Waals surface area contributed by atoms with Crippen LogP contribution in [0.2, 0.25) is 0 Å². The molecule has 1 N–H and O–H groups in total. The molecule has 0 radical (unpaired) electrons. The first-order valence-corrected chi connectivity index (χ1v) is 10.8. The van der Waals surface area contributed by atoms with Gasteiger partial charge in [-0.05, 0) is 49.0 Å². The van der Waals surface area contributed by atoms with Crippen LogP contribution in [0.15, 0.2) is 64.8 Å². The Morgan fingerprint density at radius 2 is 1.86 bits per heavy atom. The average molecular weight is 409 g/mol. The second-order valence-electron chi connectivity index (χ2n) is 7.18. The van der Waals surface area contributed by atoms with Crippen molar-refractivity contribution >= 4 is 17.2 Å². The van der Waals surface area contributed by atoms with E-state index in [-0.39, 0.29) is 23.2 Å². The van der Waals surface area contributed by atoms with Crippen molar-refractivity contribution in [2.75, 3.05) is 19.6 Å². The number of hydrogen-bond donors (Lipinski definition) is 1. The molecule has 1 aliphatic heterocycles. The molecule has 6 nitrogen and oxygen atoms in total. The summed E-state index contributed by atoms with van der Waals surface area (Å²) in [6.45, 7) is 2.97. The fourth-order valence-corrected chi connectivity index (χ4v) is 4.52. The molecule has 29 heavy (non-hydrogen) atoms. The zero-order chi connectivity index (χ0) is 20.1. The second kappa shape index (κ2) is 9.15. The number of carbonyl (C=O) groups is 1. The van der Waals surface area contributed by atoms with Crippen molar-refractivity contribution in [2.45, 2.75) is 25.4 Å². The van der Waals surface area contributed by atoms with Crippen molar-refractivity contribution in [3.05, 3.63) is 86.5 Å². The Morgan fingerprint density at radius 3 is 2.59 bits per heavy atom. The van der Waals surface area contributed by atoms with Gasteiger partial charge in [0.1, 0.15) is 5.69 Å². The number of nitrogens with one attached hydrogen (secondary N) is 1. The molecular formula is C22H24N4O2S. The fraction of sp³-hybridized carbons (Fsp3) is 0.318. The van der Waals surface area contributed by atoms with E-state index in [2.05, 4.69) is 26.8 Å². The summed E-state index contributed by atoms with van der Waals surface area (Å²) in [5.74, 6) is -0.257. The minimum Gasteiger partial charge on any atom is -0.349 e. The maximum Gasteiger partial charge on any atom is 0.271 e. The van der Waals surface area contributed by atoms with Crippen LogP contribution in [-0.2, 0) is 6.54 Å². The maximum absolute atomic E-state index is 12.7. The van der Waals surface area contributed by atoms with Crippen LogP contribution in [-0.4, -0.2) is 40.2 Å². The molecule has 3 aromatic rings. The van der Waals surface area contributed by atoms with Crippen LogP contribution >= 0.6 is 11.3 Å². The normalized spacial score (nSPS) is 15.3. The van der Waals surface area contributed by atoms with E-state index in [0.29, 0.717) is 13.1 Å². The van der Waals surface area contributed by atoms with Gasteiger partial charge in [0.15, 0.2) is 0 Å². The van der Waals surface area contributed by atoms with Crippen molar-refractivity contribution in [2.24, 2.45) is 0 Å². The molecule has 0 spiro atoms. The number of thiophene rings is 1. The van der Waals surface area contributed by atoms with Gasteiger partial charge in [-0.15, -0.1) is 11.3 Å². The molecule has 1 atom stereocenters. The minimum atomic E-state index is -0.257. The molecule has 0 saturated carbocycles.